The van der Waals surface area contributed by atoms with Crippen molar-refractivity contribution in [3.63, 3.8) is 0 Å². The van der Waals surface area contributed by atoms with Crippen LogP contribution in [-0.4, -0.2) is 17.5 Å². The van der Waals surface area contributed by atoms with Crippen LogP contribution in [0.4, 0.5) is 5.69 Å². The van der Waals surface area contributed by atoms with Gasteiger partial charge in [-0.2, -0.15) is 0 Å². The molecular weight excluding hydrogens is 439 g/mol. The van der Waals surface area contributed by atoms with Crippen LogP contribution in [0, 0.1) is 0 Å². The number of halogens is 2. The zero-order chi connectivity index (χ0) is 22.3. The van der Waals surface area contributed by atoms with Crippen LogP contribution in [0.25, 0.3) is 11.6 Å². The molecule has 1 aliphatic carbocycles. The van der Waals surface area contributed by atoms with Gasteiger partial charge >= 0.3 is 0 Å². The summed E-state index contributed by atoms with van der Waals surface area (Å²) in [7, 11) is 0. The fraction of sp³-hybridized carbons (Fsp3) is 0.0870. The second kappa shape index (κ2) is 8.06. The first-order valence-corrected chi connectivity index (χ1v) is 10.0. The van der Waals surface area contributed by atoms with E-state index in [1.165, 1.54) is 18.2 Å². The number of carbonyl (C=O) groups excluding carboxylic acids is 3. The molecule has 1 aromatic heterocycles. The van der Waals surface area contributed by atoms with Crippen molar-refractivity contribution < 1.29 is 18.8 Å². The number of nitrogens with two attached hydrogens (primary N) is 2. The van der Waals surface area contributed by atoms with Gasteiger partial charge in [0.25, 0.3) is 0 Å². The highest BCUT2D eigenvalue weighted by Crippen LogP contribution is 2.38. The van der Waals surface area contributed by atoms with Gasteiger partial charge < -0.3 is 15.9 Å². The van der Waals surface area contributed by atoms with Crippen LogP contribution in [0.15, 0.2) is 46.9 Å². The number of anilines is 1. The first kappa shape index (κ1) is 20.9. The third-order valence-corrected chi connectivity index (χ3v) is 5.51. The van der Waals surface area contributed by atoms with E-state index in [1.807, 2.05) is 6.07 Å². The van der Waals surface area contributed by atoms with Gasteiger partial charge in [0.05, 0.1) is 22.7 Å². The summed E-state index contributed by atoms with van der Waals surface area (Å²) in [6, 6.07) is 11.6. The van der Waals surface area contributed by atoms with Gasteiger partial charge in [-0.3, -0.25) is 14.4 Å². The third kappa shape index (κ3) is 4.00. The Balaban J connectivity index is 1.75. The number of amides is 1. The van der Waals surface area contributed by atoms with Crippen LogP contribution in [0.3, 0.4) is 0 Å². The fourth-order valence-corrected chi connectivity index (χ4v) is 4.05. The van der Waals surface area contributed by atoms with Crippen molar-refractivity contribution in [1.29, 1.82) is 0 Å². The molecule has 0 atom stereocenters. The van der Waals surface area contributed by atoms with E-state index in [0.717, 1.165) is 11.1 Å². The van der Waals surface area contributed by atoms with E-state index in [9.17, 15) is 14.4 Å². The number of allylic oxidation sites excluding steroid dienone is 1. The van der Waals surface area contributed by atoms with E-state index < -0.39 is 11.7 Å². The normalized spacial score (nSPS) is 13.0. The molecule has 3 aromatic rings. The summed E-state index contributed by atoms with van der Waals surface area (Å²) in [5.41, 5.74) is 13.9. The molecule has 4 N–H and O–H groups in total. The molecule has 0 aliphatic heterocycles. The molecule has 1 heterocycles. The number of carbonyl (C=O) groups is 3. The molecule has 6 nitrogen and oxygen atoms in total. The highest BCUT2D eigenvalue weighted by atomic mass is 35.5. The number of furan rings is 1. The molecule has 8 heteroatoms. The number of ketones is 2. The number of rotatable bonds is 5. The predicted molar refractivity (Wildman–Crippen MR) is 119 cm³/mol. The lowest BCUT2D eigenvalue weighted by molar-refractivity contribution is -0.117. The molecule has 2 aromatic carbocycles. The number of nitrogen functional groups attached to an aromatic ring is 1. The van der Waals surface area contributed by atoms with E-state index in [4.69, 9.17) is 39.1 Å². The molecule has 0 spiro atoms. The molecule has 0 radical (unpaired) electrons. The molecule has 4 rings (SSSR count). The molecule has 31 heavy (non-hydrogen) atoms. The van der Waals surface area contributed by atoms with Crippen molar-refractivity contribution in [3.05, 3.63) is 86.3 Å². The van der Waals surface area contributed by atoms with Gasteiger partial charge in [0, 0.05) is 17.0 Å². The Morgan fingerprint density at radius 1 is 1.10 bits per heavy atom. The number of Topliss-reactive ketones (excluding diaryl/α,β-unsaturated/α-hetero) is 1. The number of hydrogen-bond donors (Lipinski definition) is 2. The average Bonchev–Trinajstić information content (AvgIpc) is 3.04. The van der Waals surface area contributed by atoms with Crippen molar-refractivity contribution in [2.75, 3.05) is 5.73 Å². The molecular formula is C23H16Cl2N2O4. The van der Waals surface area contributed by atoms with Crippen molar-refractivity contribution in [2.45, 2.75) is 12.8 Å². The maximum atomic E-state index is 12.9. The average molecular weight is 455 g/mol. The summed E-state index contributed by atoms with van der Waals surface area (Å²) >= 11 is 12.0. The maximum absolute atomic E-state index is 12.9. The third-order valence-electron chi connectivity index (χ3n) is 4.97. The van der Waals surface area contributed by atoms with Gasteiger partial charge in [0.15, 0.2) is 11.5 Å². The quantitative estimate of drug-likeness (QED) is 0.548. The maximum Gasteiger partial charge on any atom is 0.231 e. The second-order valence-corrected chi connectivity index (χ2v) is 7.99. The molecule has 1 amide bonds. The summed E-state index contributed by atoms with van der Waals surface area (Å²) in [6.07, 6.45) is 1.84. The summed E-state index contributed by atoms with van der Waals surface area (Å²) in [6.45, 7) is 0. The first-order chi connectivity index (χ1) is 14.7. The van der Waals surface area contributed by atoms with Gasteiger partial charge in [0.2, 0.25) is 11.7 Å². The number of primary amides is 1. The number of fused-ring (bicyclic) bond motifs is 1. The highest BCUT2D eigenvalue weighted by Gasteiger charge is 2.31. The van der Waals surface area contributed by atoms with Gasteiger partial charge in [0.1, 0.15) is 5.76 Å². The van der Waals surface area contributed by atoms with E-state index in [0.29, 0.717) is 10.6 Å². The molecule has 0 bridgehead atoms. The molecule has 0 fully saturated rings. The SMILES string of the molecule is NC(=O)Cc1cccc(C2=Cc3oc(C(=O)c4ccc(Cl)cc4Cl)c(N)c3C(=O)C2)c1. The lowest BCUT2D eigenvalue weighted by atomic mass is 9.90. The zero-order valence-corrected chi connectivity index (χ0v) is 17.6. The van der Waals surface area contributed by atoms with E-state index >= 15 is 0 Å². The molecule has 0 unspecified atom stereocenters. The van der Waals surface area contributed by atoms with Gasteiger partial charge in [-0.15, -0.1) is 0 Å². The fourth-order valence-electron chi connectivity index (χ4n) is 3.55. The molecule has 1 aliphatic rings. The van der Waals surface area contributed by atoms with Crippen LogP contribution in [0.2, 0.25) is 10.0 Å². The highest BCUT2D eigenvalue weighted by molar-refractivity contribution is 6.37. The van der Waals surface area contributed by atoms with Gasteiger partial charge in [-0.25, -0.2) is 0 Å². The lowest BCUT2D eigenvalue weighted by Gasteiger charge is -2.13. The minimum Gasteiger partial charge on any atom is -0.450 e. The minimum atomic E-state index is -0.542. The molecule has 0 saturated carbocycles. The smallest absolute Gasteiger partial charge is 0.231 e. The summed E-state index contributed by atoms with van der Waals surface area (Å²) in [5.74, 6) is -1.20. The zero-order valence-electron chi connectivity index (χ0n) is 16.1. The van der Waals surface area contributed by atoms with Crippen LogP contribution in [-0.2, 0) is 11.2 Å². The van der Waals surface area contributed by atoms with E-state index in [-0.39, 0.29) is 52.0 Å². The van der Waals surface area contributed by atoms with Gasteiger partial charge in [-0.1, -0.05) is 47.5 Å². The van der Waals surface area contributed by atoms with Crippen molar-refractivity contribution in [2.24, 2.45) is 5.73 Å². The Morgan fingerprint density at radius 2 is 1.87 bits per heavy atom. The predicted octanol–water partition coefficient (Wildman–Crippen LogP) is 4.55. The van der Waals surface area contributed by atoms with Crippen LogP contribution in [0.5, 0.6) is 0 Å². The first-order valence-electron chi connectivity index (χ1n) is 9.28. The summed E-state index contributed by atoms with van der Waals surface area (Å²) < 4.78 is 5.72. The summed E-state index contributed by atoms with van der Waals surface area (Å²) in [4.78, 5) is 37.0. The van der Waals surface area contributed by atoms with Crippen LogP contribution >= 0.6 is 23.2 Å². The Hall–Kier alpha value is -3.35. The molecule has 0 saturated heterocycles. The largest absolute Gasteiger partial charge is 0.450 e. The minimum absolute atomic E-state index is 0.0196. The number of hydrogen-bond acceptors (Lipinski definition) is 5. The topological polar surface area (TPSA) is 116 Å². The standard InChI is InChI=1S/C23H16Cl2N2O4/c24-14-4-5-15(16(25)10-14)22(30)23-21(27)20-17(28)8-13(9-18(20)31-23)12-3-1-2-11(6-12)7-19(26)29/h1-6,9-10H,7-8,27H2,(H2,26,29). The lowest BCUT2D eigenvalue weighted by Crippen LogP contribution is -2.14. The van der Waals surface area contributed by atoms with Crippen molar-refractivity contribution in [3.8, 4) is 0 Å². The van der Waals surface area contributed by atoms with Crippen molar-refractivity contribution >= 4 is 58.0 Å². The second-order valence-electron chi connectivity index (χ2n) is 7.15. The number of benzene rings is 2. The van der Waals surface area contributed by atoms with E-state index in [1.54, 1.807) is 24.3 Å². The monoisotopic (exact) mass is 454 g/mol. The van der Waals surface area contributed by atoms with Crippen LogP contribution < -0.4 is 11.5 Å². The molecule has 156 valence electrons. The summed E-state index contributed by atoms with van der Waals surface area (Å²) in [5, 5.41) is 0.537. The van der Waals surface area contributed by atoms with Gasteiger partial charge in [-0.05, 0) is 41.0 Å². The van der Waals surface area contributed by atoms with E-state index in [2.05, 4.69) is 0 Å². The Bertz CT molecular complexity index is 1290. The van der Waals surface area contributed by atoms with Crippen LogP contribution in [0.1, 0.15) is 49.8 Å². The van der Waals surface area contributed by atoms with Crippen molar-refractivity contribution in [1.82, 2.24) is 0 Å². The Labute approximate surface area is 187 Å². The Kier molecular flexibility index (Phi) is 5.43. The Morgan fingerprint density at radius 3 is 2.58 bits per heavy atom.